The van der Waals surface area contributed by atoms with E-state index in [1.165, 1.54) is 12.1 Å². The van der Waals surface area contributed by atoms with E-state index in [1.54, 1.807) is 0 Å². The summed E-state index contributed by atoms with van der Waals surface area (Å²) in [4.78, 5) is 18.3. The van der Waals surface area contributed by atoms with Crippen molar-refractivity contribution in [1.29, 1.82) is 0 Å². The summed E-state index contributed by atoms with van der Waals surface area (Å²) in [6.45, 7) is 9.06. The van der Waals surface area contributed by atoms with Crippen molar-refractivity contribution in [2.75, 3.05) is 66.4 Å². The van der Waals surface area contributed by atoms with Crippen LogP contribution < -0.4 is 20.4 Å². The Bertz CT molecular complexity index is 1110. The van der Waals surface area contributed by atoms with Crippen LogP contribution >= 0.6 is 11.6 Å². The van der Waals surface area contributed by atoms with Gasteiger partial charge in [-0.25, -0.2) is 4.39 Å². The van der Waals surface area contributed by atoms with Crippen LogP contribution in [-0.4, -0.2) is 60.9 Å². The van der Waals surface area contributed by atoms with E-state index in [0.717, 1.165) is 49.5 Å². The number of anilines is 5. The van der Waals surface area contributed by atoms with Gasteiger partial charge in [-0.2, -0.15) is 15.0 Å². The van der Waals surface area contributed by atoms with Crippen molar-refractivity contribution in [2.45, 2.75) is 20.3 Å². The highest BCUT2D eigenvalue weighted by molar-refractivity contribution is 6.31. The van der Waals surface area contributed by atoms with Crippen LogP contribution in [-0.2, 0) is 4.74 Å². The normalized spacial score (nSPS) is 13.7. The third kappa shape index (κ3) is 6.93. The van der Waals surface area contributed by atoms with Crippen LogP contribution in [0.5, 0.6) is 0 Å². The minimum Gasteiger partial charge on any atom is -0.382 e. The molecule has 0 aliphatic carbocycles. The highest BCUT2D eigenvalue weighted by atomic mass is 35.5. The standard InChI is InChI=1S/C25H31ClFN7O/c1-3-35-16-4-11-28-23-30-24(29-20-8-5-18(2)22(26)17-20)32-25(31-23)34-14-12-33(13-15-34)21-9-6-19(27)7-10-21/h5-10,17H,3-4,11-16H2,1-2H3,(H2,28,29,30,31,32). The molecule has 35 heavy (non-hydrogen) atoms. The second-order valence-corrected chi connectivity index (χ2v) is 8.71. The Balaban J connectivity index is 1.48. The molecule has 186 valence electrons. The number of aromatic nitrogens is 3. The van der Waals surface area contributed by atoms with Crippen LogP contribution in [0.2, 0.25) is 5.02 Å². The van der Waals surface area contributed by atoms with Gasteiger partial charge in [0.15, 0.2) is 0 Å². The maximum absolute atomic E-state index is 13.3. The quantitative estimate of drug-likeness (QED) is 0.382. The van der Waals surface area contributed by atoms with Crippen LogP contribution in [0.15, 0.2) is 42.5 Å². The lowest BCUT2D eigenvalue weighted by atomic mass is 10.2. The lowest BCUT2D eigenvalue weighted by Gasteiger charge is -2.36. The lowest BCUT2D eigenvalue weighted by Crippen LogP contribution is -2.47. The zero-order valence-corrected chi connectivity index (χ0v) is 20.9. The van der Waals surface area contributed by atoms with Gasteiger partial charge in [-0.1, -0.05) is 17.7 Å². The van der Waals surface area contributed by atoms with Crippen LogP contribution in [0.25, 0.3) is 0 Å². The lowest BCUT2D eigenvalue weighted by molar-refractivity contribution is 0.147. The first kappa shape index (κ1) is 24.9. The Morgan fingerprint density at radius 3 is 2.40 bits per heavy atom. The summed E-state index contributed by atoms with van der Waals surface area (Å²) in [5.41, 5.74) is 2.82. The van der Waals surface area contributed by atoms with Gasteiger partial charge in [0.2, 0.25) is 17.8 Å². The Hall–Kier alpha value is -3.17. The van der Waals surface area contributed by atoms with Gasteiger partial charge >= 0.3 is 0 Å². The van der Waals surface area contributed by atoms with E-state index < -0.39 is 0 Å². The summed E-state index contributed by atoms with van der Waals surface area (Å²) in [6.07, 6.45) is 0.849. The molecule has 0 unspecified atom stereocenters. The first-order valence-corrected chi connectivity index (χ1v) is 12.3. The van der Waals surface area contributed by atoms with Crippen LogP contribution in [0, 0.1) is 12.7 Å². The Kier molecular flexibility index (Phi) is 8.54. The fraction of sp³-hybridized carbons (Fsp3) is 0.400. The zero-order valence-electron chi connectivity index (χ0n) is 20.1. The molecule has 2 heterocycles. The fourth-order valence-electron chi connectivity index (χ4n) is 3.78. The number of halogens is 2. The summed E-state index contributed by atoms with van der Waals surface area (Å²) in [6, 6.07) is 12.4. The molecule has 2 N–H and O–H groups in total. The van der Waals surface area contributed by atoms with E-state index in [2.05, 4.69) is 35.4 Å². The van der Waals surface area contributed by atoms with E-state index in [1.807, 2.05) is 44.2 Å². The van der Waals surface area contributed by atoms with Gasteiger partial charge in [0, 0.05) is 62.3 Å². The average molecular weight is 500 g/mol. The van der Waals surface area contributed by atoms with Crippen molar-refractivity contribution in [2.24, 2.45) is 0 Å². The van der Waals surface area contributed by atoms with Gasteiger partial charge in [-0.15, -0.1) is 0 Å². The number of piperazine rings is 1. The van der Waals surface area contributed by atoms with E-state index in [4.69, 9.17) is 16.3 Å². The van der Waals surface area contributed by atoms with Crippen molar-refractivity contribution < 1.29 is 9.13 Å². The molecule has 0 radical (unpaired) electrons. The summed E-state index contributed by atoms with van der Waals surface area (Å²) < 4.78 is 18.7. The van der Waals surface area contributed by atoms with Gasteiger partial charge < -0.3 is 25.2 Å². The van der Waals surface area contributed by atoms with Gasteiger partial charge in [-0.05, 0) is 62.2 Å². The largest absolute Gasteiger partial charge is 0.382 e. The monoisotopic (exact) mass is 499 g/mol. The highest BCUT2D eigenvalue weighted by Gasteiger charge is 2.21. The predicted molar refractivity (Wildman–Crippen MR) is 140 cm³/mol. The van der Waals surface area contributed by atoms with Crippen LogP contribution in [0.4, 0.5) is 33.6 Å². The number of nitrogens with zero attached hydrogens (tertiary/aromatic N) is 5. The molecule has 4 rings (SSSR count). The second kappa shape index (κ2) is 12.0. The predicted octanol–water partition coefficient (Wildman–Crippen LogP) is 4.88. The summed E-state index contributed by atoms with van der Waals surface area (Å²) in [5.74, 6) is 1.33. The fourth-order valence-corrected chi connectivity index (χ4v) is 3.96. The maximum atomic E-state index is 13.3. The molecule has 0 spiro atoms. The molecule has 1 saturated heterocycles. The Labute approximate surface area is 210 Å². The van der Waals surface area contributed by atoms with Gasteiger partial charge in [0.1, 0.15) is 5.82 Å². The number of benzene rings is 2. The molecule has 1 aromatic heterocycles. The second-order valence-electron chi connectivity index (χ2n) is 8.30. The molecule has 0 atom stereocenters. The number of hydrogen-bond donors (Lipinski definition) is 2. The van der Waals surface area contributed by atoms with E-state index in [-0.39, 0.29) is 5.82 Å². The average Bonchev–Trinajstić information content (AvgIpc) is 2.87. The molecular formula is C25H31ClFN7O. The summed E-state index contributed by atoms with van der Waals surface area (Å²) >= 11 is 6.30. The van der Waals surface area contributed by atoms with Crippen molar-refractivity contribution in [3.63, 3.8) is 0 Å². The summed E-state index contributed by atoms with van der Waals surface area (Å²) in [5, 5.41) is 7.22. The molecule has 0 bridgehead atoms. The summed E-state index contributed by atoms with van der Waals surface area (Å²) in [7, 11) is 0. The van der Waals surface area contributed by atoms with Crippen molar-refractivity contribution in [1.82, 2.24) is 15.0 Å². The highest BCUT2D eigenvalue weighted by Crippen LogP contribution is 2.24. The number of rotatable bonds is 10. The van der Waals surface area contributed by atoms with Gasteiger partial charge in [0.05, 0.1) is 0 Å². The smallest absolute Gasteiger partial charge is 0.233 e. The molecular weight excluding hydrogens is 469 g/mol. The molecule has 1 fully saturated rings. The third-order valence-electron chi connectivity index (χ3n) is 5.76. The Morgan fingerprint density at radius 2 is 1.69 bits per heavy atom. The van der Waals surface area contributed by atoms with Gasteiger partial charge in [-0.3, -0.25) is 0 Å². The van der Waals surface area contributed by atoms with Gasteiger partial charge in [0.25, 0.3) is 0 Å². The topological polar surface area (TPSA) is 78.4 Å². The van der Waals surface area contributed by atoms with Crippen molar-refractivity contribution in [3.05, 3.63) is 58.9 Å². The van der Waals surface area contributed by atoms with Crippen LogP contribution in [0.1, 0.15) is 18.9 Å². The number of nitrogens with one attached hydrogen (secondary N) is 2. The van der Waals surface area contributed by atoms with E-state index in [0.29, 0.717) is 42.6 Å². The maximum Gasteiger partial charge on any atom is 0.233 e. The minimum absolute atomic E-state index is 0.228. The molecule has 10 heteroatoms. The zero-order chi connectivity index (χ0) is 24.6. The third-order valence-corrected chi connectivity index (χ3v) is 6.17. The molecule has 0 amide bonds. The number of aryl methyl sites for hydroxylation is 1. The molecule has 0 saturated carbocycles. The molecule has 8 nitrogen and oxygen atoms in total. The SMILES string of the molecule is CCOCCCNc1nc(Nc2ccc(C)c(Cl)c2)nc(N2CCN(c3ccc(F)cc3)CC2)n1. The molecule has 2 aromatic carbocycles. The number of ether oxygens (including phenoxy) is 1. The minimum atomic E-state index is -0.228. The van der Waals surface area contributed by atoms with Crippen molar-refractivity contribution >= 4 is 40.8 Å². The number of hydrogen-bond acceptors (Lipinski definition) is 8. The van der Waals surface area contributed by atoms with E-state index in [9.17, 15) is 4.39 Å². The molecule has 1 aliphatic heterocycles. The van der Waals surface area contributed by atoms with Crippen LogP contribution in [0.3, 0.4) is 0 Å². The van der Waals surface area contributed by atoms with E-state index >= 15 is 0 Å². The molecule has 3 aromatic rings. The molecule has 1 aliphatic rings. The first-order valence-electron chi connectivity index (χ1n) is 11.9. The first-order chi connectivity index (χ1) is 17.0. The van der Waals surface area contributed by atoms with Crippen molar-refractivity contribution in [3.8, 4) is 0 Å². The Morgan fingerprint density at radius 1 is 0.971 bits per heavy atom.